The molecule has 5 nitrogen and oxygen atoms in total. The number of likely N-dealkylation sites (tertiary alicyclic amines) is 1. The minimum Gasteiger partial charge on any atom is -0.484 e. The largest absolute Gasteiger partial charge is 0.484 e. The SMILES string of the molecule is O=C1C(=O)c2ccccc2C2=C1SCC1(CCN(CC(O)c3ccccc3)CC1)O2. The Hall–Kier alpha value is -2.41. The lowest BCUT2D eigenvalue weighted by Crippen LogP contribution is -2.50. The molecule has 2 heterocycles. The molecule has 1 N–H and O–H groups in total. The molecule has 0 bridgehead atoms. The van der Waals surface area contributed by atoms with Crippen molar-refractivity contribution in [2.75, 3.05) is 25.4 Å². The molecular weight excluding hydrogens is 398 g/mol. The fraction of sp³-hybridized carbons (Fsp3) is 0.333. The number of piperidine rings is 1. The van der Waals surface area contributed by atoms with Gasteiger partial charge in [-0.2, -0.15) is 0 Å². The zero-order valence-electron chi connectivity index (χ0n) is 16.5. The van der Waals surface area contributed by atoms with E-state index >= 15 is 0 Å². The molecule has 2 aliphatic heterocycles. The van der Waals surface area contributed by atoms with Gasteiger partial charge in [-0.05, 0) is 5.56 Å². The third kappa shape index (κ3) is 3.39. The van der Waals surface area contributed by atoms with Crippen LogP contribution >= 0.6 is 11.8 Å². The highest BCUT2D eigenvalue weighted by atomic mass is 32.2. The molecule has 1 spiro atoms. The molecular formula is C24H23NO4S. The summed E-state index contributed by atoms with van der Waals surface area (Å²) in [6.45, 7) is 2.24. The molecule has 1 aliphatic carbocycles. The normalized spacial score (nSPS) is 21.8. The van der Waals surface area contributed by atoms with Crippen LogP contribution in [0.1, 0.15) is 40.4 Å². The van der Waals surface area contributed by atoms with E-state index in [1.807, 2.05) is 42.5 Å². The number of β-amino-alcohol motifs (C(OH)–C–C–N with tert-alkyl or cyclic N) is 1. The van der Waals surface area contributed by atoms with E-state index in [0.29, 0.717) is 28.5 Å². The minimum absolute atomic E-state index is 0.342. The Morgan fingerprint density at radius 1 is 0.967 bits per heavy atom. The first-order chi connectivity index (χ1) is 14.6. The molecule has 6 heteroatoms. The molecule has 3 aliphatic rings. The molecule has 0 amide bonds. The minimum atomic E-state index is -0.509. The van der Waals surface area contributed by atoms with Crippen LogP contribution in [-0.2, 0) is 9.53 Å². The lowest BCUT2D eigenvalue weighted by molar-refractivity contribution is -0.111. The van der Waals surface area contributed by atoms with E-state index in [4.69, 9.17) is 4.74 Å². The van der Waals surface area contributed by atoms with Gasteiger partial charge >= 0.3 is 0 Å². The number of nitrogens with zero attached hydrogens (tertiary/aromatic N) is 1. The Morgan fingerprint density at radius 3 is 2.37 bits per heavy atom. The first kappa shape index (κ1) is 19.5. The maximum absolute atomic E-state index is 12.6. The number of carbonyl (C=O) groups excluding carboxylic acids is 2. The van der Waals surface area contributed by atoms with Crippen LogP contribution in [0, 0.1) is 0 Å². The van der Waals surface area contributed by atoms with Crippen LogP contribution in [0.4, 0.5) is 0 Å². The Kier molecular flexibility index (Phi) is 5.01. The highest BCUT2D eigenvalue weighted by Gasteiger charge is 2.46. The fourth-order valence-corrected chi connectivity index (χ4v) is 5.69. The first-order valence-electron chi connectivity index (χ1n) is 10.3. The maximum Gasteiger partial charge on any atom is 0.243 e. The average Bonchev–Trinajstić information content (AvgIpc) is 2.80. The Balaban J connectivity index is 1.30. The van der Waals surface area contributed by atoms with Crippen LogP contribution in [0.2, 0.25) is 0 Å². The van der Waals surface area contributed by atoms with E-state index in [1.54, 1.807) is 12.1 Å². The summed E-state index contributed by atoms with van der Waals surface area (Å²) in [7, 11) is 0. The first-order valence-corrected chi connectivity index (χ1v) is 11.2. The molecule has 5 rings (SSSR count). The Bertz CT molecular complexity index is 1020. The summed E-state index contributed by atoms with van der Waals surface area (Å²) in [5.41, 5.74) is 1.75. The number of aliphatic hydroxyl groups excluding tert-OH is 1. The van der Waals surface area contributed by atoms with Crippen LogP contribution in [0.25, 0.3) is 5.76 Å². The summed E-state index contributed by atoms with van der Waals surface area (Å²) < 4.78 is 6.50. The van der Waals surface area contributed by atoms with E-state index in [9.17, 15) is 14.7 Å². The number of benzene rings is 2. The van der Waals surface area contributed by atoms with Gasteiger partial charge in [0.15, 0.2) is 0 Å². The molecule has 1 saturated heterocycles. The zero-order chi connectivity index (χ0) is 20.7. The molecule has 2 aromatic rings. The third-order valence-corrected chi connectivity index (χ3v) is 7.55. The summed E-state index contributed by atoms with van der Waals surface area (Å²) in [5.74, 6) is 0.347. The topological polar surface area (TPSA) is 66.8 Å². The lowest BCUT2D eigenvalue weighted by atomic mass is 9.90. The van der Waals surface area contributed by atoms with Gasteiger partial charge in [-0.15, -0.1) is 11.8 Å². The average molecular weight is 422 g/mol. The molecule has 30 heavy (non-hydrogen) atoms. The van der Waals surface area contributed by atoms with Crippen molar-refractivity contribution in [1.29, 1.82) is 0 Å². The van der Waals surface area contributed by atoms with Crippen molar-refractivity contribution >= 4 is 29.1 Å². The van der Waals surface area contributed by atoms with Gasteiger partial charge in [0.25, 0.3) is 0 Å². The van der Waals surface area contributed by atoms with Gasteiger partial charge in [0, 0.05) is 49.4 Å². The number of aliphatic hydroxyl groups is 1. The highest BCUT2D eigenvalue weighted by molar-refractivity contribution is 8.04. The highest BCUT2D eigenvalue weighted by Crippen LogP contribution is 2.47. The van der Waals surface area contributed by atoms with Gasteiger partial charge in [-0.1, -0.05) is 54.6 Å². The van der Waals surface area contributed by atoms with Crippen molar-refractivity contribution in [2.24, 2.45) is 0 Å². The van der Waals surface area contributed by atoms with Crippen molar-refractivity contribution in [3.8, 4) is 0 Å². The number of hydrogen-bond acceptors (Lipinski definition) is 6. The van der Waals surface area contributed by atoms with Gasteiger partial charge in [-0.25, -0.2) is 0 Å². The number of rotatable bonds is 3. The lowest BCUT2D eigenvalue weighted by Gasteiger charge is -2.45. The van der Waals surface area contributed by atoms with Crippen molar-refractivity contribution in [1.82, 2.24) is 4.90 Å². The summed E-state index contributed by atoms with van der Waals surface area (Å²) in [6.07, 6.45) is 1.13. The molecule has 2 aromatic carbocycles. The van der Waals surface area contributed by atoms with E-state index in [0.717, 1.165) is 37.1 Å². The Morgan fingerprint density at radius 2 is 1.63 bits per heavy atom. The van der Waals surface area contributed by atoms with Crippen molar-refractivity contribution in [3.05, 3.63) is 76.2 Å². The van der Waals surface area contributed by atoms with E-state index < -0.39 is 17.7 Å². The number of carbonyl (C=O) groups is 2. The smallest absolute Gasteiger partial charge is 0.243 e. The van der Waals surface area contributed by atoms with Crippen LogP contribution in [0.3, 0.4) is 0 Å². The van der Waals surface area contributed by atoms with Crippen LogP contribution in [-0.4, -0.2) is 52.6 Å². The monoisotopic (exact) mass is 421 g/mol. The van der Waals surface area contributed by atoms with E-state index in [-0.39, 0.29) is 5.60 Å². The third-order valence-electron chi connectivity index (χ3n) is 6.22. The van der Waals surface area contributed by atoms with E-state index in [2.05, 4.69) is 4.90 Å². The van der Waals surface area contributed by atoms with Crippen molar-refractivity contribution in [3.63, 3.8) is 0 Å². The number of fused-ring (bicyclic) bond motifs is 2. The van der Waals surface area contributed by atoms with Gasteiger partial charge < -0.3 is 14.7 Å². The second kappa shape index (κ2) is 7.69. The predicted octanol–water partition coefficient (Wildman–Crippen LogP) is 3.45. The zero-order valence-corrected chi connectivity index (χ0v) is 17.4. The van der Waals surface area contributed by atoms with Gasteiger partial charge in [0.05, 0.1) is 6.10 Å². The summed E-state index contributed by atoms with van der Waals surface area (Å²) in [4.78, 5) is 27.7. The standard InChI is InChI=1S/C24H23NO4S/c26-19(16-6-2-1-3-7-16)14-25-12-10-24(11-13-25)15-30-23-21(28)20(27)17-8-4-5-9-18(17)22(23)29-24/h1-9,19,26H,10-15H2. The molecule has 0 saturated carbocycles. The fourth-order valence-electron chi connectivity index (χ4n) is 4.43. The number of hydrogen-bond donors (Lipinski definition) is 1. The second-order valence-electron chi connectivity index (χ2n) is 8.16. The molecule has 0 aromatic heterocycles. The summed E-state index contributed by atoms with van der Waals surface area (Å²) >= 11 is 1.46. The second-order valence-corrected chi connectivity index (χ2v) is 9.15. The van der Waals surface area contributed by atoms with Gasteiger partial charge in [0.1, 0.15) is 16.3 Å². The number of allylic oxidation sites excluding steroid dienone is 1. The number of thioether (sulfide) groups is 1. The van der Waals surface area contributed by atoms with Crippen molar-refractivity contribution < 1.29 is 19.4 Å². The Labute approximate surface area is 179 Å². The number of Topliss-reactive ketones (excluding diaryl/α,β-unsaturated/α-hetero) is 2. The number of ether oxygens (including phenoxy) is 1. The van der Waals surface area contributed by atoms with Crippen LogP contribution < -0.4 is 0 Å². The molecule has 1 atom stereocenters. The molecule has 154 valence electrons. The van der Waals surface area contributed by atoms with Crippen LogP contribution in [0.15, 0.2) is 59.5 Å². The summed E-state index contributed by atoms with van der Waals surface area (Å²) in [6, 6.07) is 16.9. The quantitative estimate of drug-likeness (QED) is 0.766. The van der Waals surface area contributed by atoms with Gasteiger partial charge in [0.2, 0.25) is 11.6 Å². The van der Waals surface area contributed by atoms with Gasteiger partial charge in [-0.3, -0.25) is 9.59 Å². The number of ketones is 2. The predicted molar refractivity (Wildman–Crippen MR) is 116 cm³/mol. The maximum atomic E-state index is 12.6. The van der Waals surface area contributed by atoms with E-state index in [1.165, 1.54) is 11.8 Å². The summed E-state index contributed by atoms with van der Waals surface area (Å²) in [5, 5.41) is 10.5. The molecule has 1 fully saturated rings. The van der Waals surface area contributed by atoms with Crippen LogP contribution in [0.5, 0.6) is 0 Å². The van der Waals surface area contributed by atoms with Crippen molar-refractivity contribution in [2.45, 2.75) is 24.5 Å². The molecule has 0 radical (unpaired) electrons. The molecule has 1 unspecified atom stereocenters.